The van der Waals surface area contributed by atoms with Gasteiger partial charge in [0.2, 0.25) is 0 Å². The van der Waals surface area contributed by atoms with Gasteiger partial charge >= 0.3 is 19.5 Å². The second-order valence-corrected chi connectivity index (χ2v) is 0.493. The van der Waals surface area contributed by atoms with Gasteiger partial charge in [0.1, 0.15) is 6.03 Å². The average Bonchev–Trinajstić information content (AvgIpc) is 1.33. The molecule has 0 saturated heterocycles. The summed E-state index contributed by atoms with van der Waals surface area (Å²) in [6, 6.07) is -1.08. The van der Waals surface area contributed by atoms with Crippen molar-refractivity contribution in [3.05, 3.63) is 17.7 Å². The molecule has 0 bridgehead atoms. The zero-order valence-corrected chi connectivity index (χ0v) is 5.52. The Morgan fingerprint density at radius 3 is 1.75 bits per heavy atom. The first-order valence-electron chi connectivity index (χ1n) is 1.24. The van der Waals surface area contributed by atoms with Gasteiger partial charge in [0, 0.05) is 0 Å². The van der Waals surface area contributed by atoms with Crippen LogP contribution in [0, 0.1) is 12.0 Å². The molecule has 0 fully saturated rings. The first kappa shape index (κ1) is 15.7. The minimum atomic E-state index is -1.08. The van der Waals surface area contributed by atoms with Crippen LogP contribution in [0.4, 0.5) is 4.79 Å². The van der Waals surface area contributed by atoms with E-state index in [4.69, 9.17) is 15.4 Å². The monoisotopic (exact) mass is 206 g/mol. The van der Waals surface area contributed by atoms with Crippen LogP contribution in [-0.2, 0) is 19.5 Å². The smallest absolute Gasteiger partial charge is 0.463 e. The van der Waals surface area contributed by atoms with Crippen LogP contribution in [0.5, 0.6) is 0 Å². The summed E-state index contributed by atoms with van der Waals surface area (Å²) < 4.78 is 0. The fourth-order valence-electron chi connectivity index (χ4n) is 0. The quantitative estimate of drug-likeness (QED) is 0.357. The molecule has 0 aliphatic heterocycles. The van der Waals surface area contributed by atoms with E-state index in [-0.39, 0.29) is 19.5 Å². The number of nitrogens with two attached hydrogens (primary N) is 1. The fourth-order valence-corrected chi connectivity index (χ4v) is 0. The van der Waals surface area contributed by atoms with Gasteiger partial charge in [-0.3, -0.25) is 11.8 Å². The normalized spacial score (nSPS) is 4.50. The molecular weight excluding hydrogens is 201 g/mol. The molecule has 0 aliphatic rings. The summed E-state index contributed by atoms with van der Waals surface area (Å²) in [5.74, 6) is 0. The maximum Gasteiger partial charge on any atom is 2.00 e. The standard InChI is InChI=1S/CH4N2O.CH2NO.Rh/c2-1(3)4;1-2-3;/h(H4,2,3,4);1H2;/q;-1;+2/p-1. The van der Waals surface area contributed by atoms with Crippen molar-refractivity contribution >= 4 is 6.03 Å². The SMILES string of the molecule is [CH2-]N=O.[NH-]C(N)=O.[Rh+2]. The largest absolute Gasteiger partial charge is 2.00 e. The Morgan fingerprint density at radius 2 is 1.75 bits per heavy atom. The molecule has 1 radical (unpaired) electrons. The van der Waals surface area contributed by atoms with Gasteiger partial charge in [0.15, 0.2) is 0 Å². The van der Waals surface area contributed by atoms with Crippen molar-refractivity contribution in [2.75, 3.05) is 0 Å². The van der Waals surface area contributed by atoms with E-state index in [2.05, 4.69) is 12.8 Å². The summed E-state index contributed by atoms with van der Waals surface area (Å²) in [5.41, 5.74) is 9.86. The number of urea groups is 1. The number of hydrogen-bond donors (Lipinski definition) is 1. The molecule has 3 N–H and O–H groups in total. The Kier molecular flexibility index (Phi) is 31.7. The Balaban J connectivity index is -0.0000000575. The predicted octanol–water partition coefficient (Wildman–Crippen LogP) is 0.659. The Labute approximate surface area is 59.5 Å². The van der Waals surface area contributed by atoms with Crippen molar-refractivity contribution in [1.29, 1.82) is 0 Å². The molecule has 0 spiro atoms. The van der Waals surface area contributed by atoms with Gasteiger partial charge in [-0.1, -0.05) is 0 Å². The minimum Gasteiger partial charge on any atom is -0.463 e. The van der Waals surface area contributed by atoms with Gasteiger partial charge in [-0.2, -0.15) is 4.91 Å². The van der Waals surface area contributed by atoms with E-state index in [9.17, 15) is 0 Å². The van der Waals surface area contributed by atoms with Crippen LogP contribution in [0.25, 0.3) is 5.73 Å². The van der Waals surface area contributed by atoms with E-state index >= 15 is 0 Å². The fraction of sp³-hybridized carbons (Fsp3) is 0. The zero-order valence-electron chi connectivity index (χ0n) is 3.88. The maximum atomic E-state index is 8.89. The summed E-state index contributed by atoms with van der Waals surface area (Å²) in [7, 11) is 2.56. The molecule has 0 heterocycles. The summed E-state index contributed by atoms with van der Waals surface area (Å²) in [4.78, 5) is 17.3. The van der Waals surface area contributed by atoms with Crippen molar-refractivity contribution in [3.8, 4) is 0 Å². The van der Waals surface area contributed by atoms with E-state index in [1.54, 1.807) is 0 Å². The molecule has 0 aromatic heterocycles. The third-order valence-corrected chi connectivity index (χ3v) is 0. The summed E-state index contributed by atoms with van der Waals surface area (Å²) in [6.07, 6.45) is 0. The number of amides is 2. The van der Waals surface area contributed by atoms with Crippen molar-refractivity contribution in [2.24, 2.45) is 10.9 Å². The van der Waals surface area contributed by atoms with Crippen LogP contribution < -0.4 is 5.73 Å². The number of nitrogens with zero attached hydrogens (tertiary/aromatic N) is 1. The van der Waals surface area contributed by atoms with Crippen molar-refractivity contribution < 1.29 is 24.3 Å². The third-order valence-electron chi connectivity index (χ3n) is 0. The van der Waals surface area contributed by atoms with Crippen molar-refractivity contribution in [3.63, 3.8) is 0 Å². The average molecular weight is 206 g/mol. The number of rotatable bonds is 0. The zero-order chi connectivity index (χ0) is 6.28. The first-order valence-corrected chi connectivity index (χ1v) is 1.24. The number of nitrogens with one attached hydrogen (secondary N) is 1. The molecule has 0 aromatic carbocycles. The van der Waals surface area contributed by atoms with E-state index in [0.717, 1.165) is 0 Å². The molecule has 6 heteroatoms. The third kappa shape index (κ3) is 252. The molecule has 0 saturated carbocycles. The van der Waals surface area contributed by atoms with Crippen molar-refractivity contribution in [1.82, 2.24) is 0 Å². The topological polar surface area (TPSA) is 96.3 Å². The first-order chi connectivity index (χ1) is 3.15. The summed E-state index contributed by atoms with van der Waals surface area (Å²) >= 11 is 0. The second kappa shape index (κ2) is 16.2. The van der Waals surface area contributed by atoms with Crippen LogP contribution in [-0.4, -0.2) is 6.03 Å². The predicted molar refractivity (Wildman–Crippen MR) is 25.1 cm³/mol. The molecule has 0 atom stereocenters. The van der Waals surface area contributed by atoms with Crippen LogP contribution in [0.15, 0.2) is 5.18 Å². The minimum absolute atomic E-state index is 0. The Bertz CT molecular complexity index is 62.3. The van der Waals surface area contributed by atoms with Gasteiger partial charge < -0.3 is 11.5 Å². The van der Waals surface area contributed by atoms with Gasteiger partial charge in [0.25, 0.3) is 0 Å². The van der Waals surface area contributed by atoms with E-state index in [0.29, 0.717) is 0 Å². The summed E-state index contributed by atoms with van der Waals surface area (Å²) in [6.45, 7) is 0. The van der Waals surface area contributed by atoms with Gasteiger partial charge in [0.05, 0.1) is 0 Å². The number of carbonyl (C=O) groups excluding carboxylic acids is 1. The van der Waals surface area contributed by atoms with Gasteiger partial charge in [-0.15, -0.1) is 0 Å². The van der Waals surface area contributed by atoms with E-state index in [1.165, 1.54) is 0 Å². The molecule has 0 aromatic rings. The van der Waals surface area contributed by atoms with Crippen LogP contribution in [0.2, 0.25) is 0 Å². The Hall–Kier alpha value is -0.637. The number of nitroso groups, excluding NO2 is 1. The molecule has 49 valence electrons. The Morgan fingerprint density at radius 1 is 1.75 bits per heavy atom. The molecule has 0 rings (SSSR count). The molecule has 0 aliphatic carbocycles. The molecule has 8 heavy (non-hydrogen) atoms. The van der Waals surface area contributed by atoms with E-state index < -0.39 is 6.03 Å². The van der Waals surface area contributed by atoms with Crippen LogP contribution in [0.1, 0.15) is 0 Å². The molecule has 5 nitrogen and oxygen atoms in total. The summed E-state index contributed by atoms with van der Waals surface area (Å²) in [5, 5.41) is 2.00. The maximum absolute atomic E-state index is 8.89. The van der Waals surface area contributed by atoms with Crippen LogP contribution in [0.3, 0.4) is 0 Å². The van der Waals surface area contributed by atoms with Gasteiger partial charge in [-0.05, 0) is 0 Å². The van der Waals surface area contributed by atoms with Crippen LogP contribution >= 0.6 is 0 Å². The molecule has 2 amide bonds. The van der Waals surface area contributed by atoms with Gasteiger partial charge in [-0.25, -0.2) is 5.18 Å². The van der Waals surface area contributed by atoms with E-state index in [1.807, 2.05) is 5.18 Å². The number of carbonyl (C=O) groups is 1. The molecule has 0 unspecified atom stereocenters. The number of primary amides is 1. The molecular formula is C2H5N3O2Rh. The second-order valence-electron chi connectivity index (χ2n) is 0.493. The van der Waals surface area contributed by atoms with Crippen molar-refractivity contribution in [2.45, 2.75) is 0 Å². The number of hydrogen-bond acceptors (Lipinski definition) is 3.